The van der Waals surface area contributed by atoms with Crippen LogP contribution in [0.4, 0.5) is 5.69 Å². The fourth-order valence-corrected chi connectivity index (χ4v) is 4.31. The van der Waals surface area contributed by atoms with Crippen LogP contribution in [0.2, 0.25) is 0 Å². The summed E-state index contributed by atoms with van der Waals surface area (Å²) in [5.41, 5.74) is 0.925. The molecule has 1 N–H and O–H groups in total. The molecule has 0 unspecified atom stereocenters. The van der Waals surface area contributed by atoms with Crippen molar-refractivity contribution < 1.29 is 13.2 Å². The van der Waals surface area contributed by atoms with Crippen molar-refractivity contribution in [2.75, 3.05) is 5.32 Å². The Hall–Kier alpha value is -0.890. The summed E-state index contributed by atoms with van der Waals surface area (Å²) in [4.78, 5) is 12.1. The number of benzene rings is 2. The molecule has 0 aliphatic rings. The van der Waals surface area contributed by atoms with Crippen molar-refractivity contribution in [1.29, 1.82) is 0 Å². The molecule has 2 aromatic rings. The van der Waals surface area contributed by atoms with Gasteiger partial charge in [0.25, 0.3) is 15.0 Å². The molecular formula is C13H8Br2ClNO3S. The van der Waals surface area contributed by atoms with Gasteiger partial charge in [0.15, 0.2) is 0 Å². The summed E-state index contributed by atoms with van der Waals surface area (Å²) in [7, 11) is 1.45. The predicted octanol–water partition coefficient (Wildman–Crippen LogP) is 4.39. The Labute approximate surface area is 143 Å². The quantitative estimate of drug-likeness (QED) is 0.701. The number of hydrogen-bond donors (Lipinski definition) is 1. The average Bonchev–Trinajstić information content (AvgIpc) is 2.37. The van der Waals surface area contributed by atoms with Gasteiger partial charge in [-0.3, -0.25) is 4.79 Å². The maximum atomic E-state index is 12.1. The summed E-state index contributed by atoms with van der Waals surface area (Å²) in [6.45, 7) is 0. The molecule has 0 spiro atoms. The third kappa shape index (κ3) is 4.06. The summed E-state index contributed by atoms with van der Waals surface area (Å²) < 4.78 is 23.5. The Morgan fingerprint density at radius 2 is 1.71 bits per heavy atom. The van der Waals surface area contributed by atoms with E-state index in [1.54, 1.807) is 24.3 Å². The van der Waals surface area contributed by atoms with Gasteiger partial charge in [-0.2, -0.15) is 0 Å². The molecule has 4 nitrogen and oxygen atoms in total. The highest BCUT2D eigenvalue weighted by atomic mass is 79.9. The maximum absolute atomic E-state index is 12.1. The number of carbonyl (C=O) groups is 1. The molecular weight excluding hydrogens is 445 g/mol. The normalized spacial score (nSPS) is 11.2. The van der Waals surface area contributed by atoms with Gasteiger partial charge in [0, 0.05) is 25.3 Å². The second-order valence-corrected chi connectivity index (χ2v) is 8.26. The summed E-state index contributed by atoms with van der Waals surface area (Å²) in [6.07, 6.45) is 0. The number of amides is 1. The van der Waals surface area contributed by atoms with Crippen LogP contribution in [-0.2, 0) is 9.05 Å². The van der Waals surface area contributed by atoms with Crippen LogP contribution >= 0.6 is 42.5 Å². The van der Waals surface area contributed by atoms with E-state index in [0.717, 1.165) is 0 Å². The zero-order valence-corrected chi connectivity index (χ0v) is 15.1. The number of nitrogens with one attached hydrogen (secondary N) is 1. The van der Waals surface area contributed by atoms with Crippen LogP contribution in [0.15, 0.2) is 56.3 Å². The van der Waals surface area contributed by atoms with Crippen molar-refractivity contribution in [2.45, 2.75) is 4.90 Å². The topological polar surface area (TPSA) is 63.2 Å². The molecule has 2 rings (SSSR count). The minimum atomic E-state index is -3.83. The molecule has 0 bridgehead atoms. The molecule has 21 heavy (non-hydrogen) atoms. The van der Waals surface area contributed by atoms with Gasteiger partial charge in [-0.15, -0.1) is 0 Å². The molecule has 8 heteroatoms. The number of carbonyl (C=O) groups excluding carboxylic acids is 1. The third-order valence-corrected chi connectivity index (χ3v) is 5.56. The maximum Gasteiger partial charge on any atom is 0.262 e. The van der Waals surface area contributed by atoms with E-state index in [9.17, 15) is 13.2 Å². The van der Waals surface area contributed by atoms with Crippen LogP contribution in [-0.4, -0.2) is 14.3 Å². The van der Waals surface area contributed by atoms with Gasteiger partial charge in [-0.25, -0.2) is 8.42 Å². The van der Waals surface area contributed by atoms with Gasteiger partial charge < -0.3 is 5.32 Å². The Bertz CT molecular complexity index is 809. The Balaban J connectivity index is 2.27. The lowest BCUT2D eigenvalue weighted by atomic mass is 10.2. The van der Waals surface area contributed by atoms with Gasteiger partial charge in [0.1, 0.15) is 0 Å². The fourth-order valence-electron chi connectivity index (χ4n) is 1.62. The molecule has 2 aromatic carbocycles. The molecule has 0 saturated heterocycles. The number of hydrogen-bond acceptors (Lipinski definition) is 3. The van der Waals surface area contributed by atoms with Gasteiger partial charge in [-0.05, 0) is 62.2 Å². The van der Waals surface area contributed by atoms with Crippen LogP contribution in [0.1, 0.15) is 10.4 Å². The van der Waals surface area contributed by atoms with Crippen molar-refractivity contribution in [3.8, 4) is 0 Å². The first-order valence-corrected chi connectivity index (χ1v) is 9.48. The standard InChI is InChI=1S/C13H8Br2ClNO3S/c14-10-4-2-1-3-9(10)13(18)17-8-5-6-12(11(15)7-8)21(16,19)20/h1-7H,(H,17,18). The van der Waals surface area contributed by atoms with Crippen LogP contribution in [0.25, 0.3) is 0 Å². The second kappa shape index (κ2) is 6.48. The van der Waals surface area contributed by atoms with E-state index >= 15 is 0 Å². The lowest BCUT2D eigenvalue weighted by molar-refractivity contribution is 0.102. The van der Waals surface area contributed by atoms with Crippen molar-refractivity contribution >= 4 is 63.2 Å². The lowest BCUT2D eigenvalue weighted by Gasteiger charge is -2.08. The zero-order chi connectivity index (χ0) is 15.6. The van der Waals surface area contributed by atoms with E-state index in [-0.39, 0.29) is 15.3 Å². The molecule has 0 saturated carbocycles. The minimum Gasteiger partial charge on any atom is -0.322 e. The first kappa shape index (κ1) is 16.5. The average molecular weight is 454 g/mol. The van der Waals surface area contributed by atoms with Crippen molar-refractivity contribution in [2.24, 2.45) is 0 Å². The number of halogens is 3. The summed E-state index contributed by atoms with van der Waals surface area (Å²) in [5.74, 6) is -0.309. The molecule has 0 fully saturated rings. The van der Waals surface area contributed by atoms with Crippen molar-refractivity contribution in [3.63, 3.8) is 0 Å². The Morgan fingerprint density at radius 1 is 1.05 bits per heavy atom. The molecule has 0 aliphatic heterocycles. The van der Waals surface area contributed by atoms with E-state index in [1.807, 2.05) is 0 Å². The minimum absolute atomic E-state index is 0.0527. The summed E-state index contributed by atoms with van der Waals surface area (Å²) >= 11 is 6.41. The highest BCUT2D eigenvalue weighted by Gasteiger charge is 2.16. The summed E-state index contributed by atoms with van der Waals surface area (Å²) in [5, 5.41) is 2.68. The first-order chi connectivity index (χ1) is 9.79. The molecule has 0 heterocycles. The van der Waals surface area contributed by atoms with Crippen molar-refractivity contribution in [3.05, 3.63) is 57.0 Å². The third-order valence-electron chi connectivity index (χ3n) is 2.57. The van der Waals surface area contributed by atoms with Gasteiger partial charge in [0.2, 0.25) is 0 Å². The monoisotopic (exact) mass is 451 g/mol. The van der Waals surface area contributed by atoms with Crippen LogP contribution in [0.3, 0.4) is 0 Å². The number of anilines is 1. The predicted molar refractivity (Wildman–Crippen MR) is 89.3 cm³/mol. The number of rotatable bonds is 3. The molecule has 110 valence electrons. The van der Waals surface area contributed by atoms with E-state index in [1.165, 1.54) is 18.2 Å². The lowest BCUT2D eigenvalue weighted by Crippen LogP contribution is -2.12. The smallest absolute Gasteiger partial charge is 0.262 e. The SMILES string of the molecule is O=C(Nc1ccc(S(=O)(=O)Cl)c(Br)c1)c1ccccc1Br. The largest absolute Gasteiger partial charge is 0.322 e. The van der Waals surface area contributed by atoms with Crippen molar-refractivity contribution in [1.82, 2.24) is 0 Å². The fraction of sp³-hybridized carbons (Fsp3) is 0. The Kier molecular flexibility index (Phi) is 5.08. The Morgan fingerprint density at radius 3 is 2.29 bits per heavy atom. The molecule has 1 amide bonds. The van der Waals surface area contributed by atoms with E-state index in [2.05, 4.69) is 37.2 Å². The first-order valence-electron chi connectivity index (χ1n) is 5.59. The second-order valence-electron chi connectivity index (χ2n) is 4.02. The van der Waals surface area contributed by atoms with Crippen LogP contribution in [0, 0.1) is 0 Å². The van der Waals surface area contributed by atoms with E-state index in [0.29, 0.717) is 15.7 Å². The van der Waals surface area contributed by atoms with Crippen LogP contribution in [0.5, 0.6) is 0 Å². The molecule has 0 atom stereocenters. The van der Waals surface area contributed by atoms with E-state index in [4.69, 9.17) is 10.7 Å². The molecule has 0 aromatic heterocycles. The molecule has 0 radical (unpaired) electrons. The van der Waals surface area contributed by atoms with Gasteiger partial charge >= 0.3 is 0 Å². The van der Waals surface area contributed by atoms with Gasteiger partial charge in [-0.1, -0.05) is 12.1 Å². The summed E-state index contributed by atoms with van der Waals surface area (Å²) in [6, 6.07) is 11.2. The zero-order valence-electron chi connectivity index (χ0n) is 10.3. The highest BCUT2D eigenvalue weighted by molar-refractivity contribution is 9.10. The highest BCUT2D eigenvalue weighted by Crippen LogP contribution is 2.28. The van der Waals surface area contributed by atoms with Gasteiger partial charge in [0.05, 0.1) is 10.5 Å². The molecule has 0 aliphatic carbocycles. The van der Waals surface area contributed by atoms with E-state index < -0.39 is 9.05 Å². The van der Waals surface area contributed by atoms with Crippen LogP contribution < -0.4 is 5.32 Å².